The lowest BCUT2D eigenvalue weighted by Gasteiger charge is -2.21. The average molecular weight is 231 g/mol. The van der Waals surface area contributed by atoms with E-state index in [4.69, 9.17) is 4.74 Å². The molecule has 0 saturated carbocycles. The van der Waals surface area contributed by atoms with Gasteiger partial charge in [-0.15, -0.1) is 0 Å². The summed E-state index contributed by atoms with van der Waals surface area (Å²) < 4.78 is 20.7. The Morgan fingerprint density at radius 1 is 1.40 bits per heavy atom. The van der Waals surface area contributed by atoms with Crippen LogP contribution >= 0.6 is 0 Å². The lowest BCUT2D eigenvalue weighted by molar-refractivity contribution is 0.0687. The van der Waals surface area contributed by atoms with Crippen molar-refractivity contribution in [2.75, 3.05) is 13.2 Å². The van der Waals surface area contributed by atoms with E-state index in [0.29, 0.717) is 5.92 Å². The molecule has 1 rings (SSSR count). The predicted molar refractivity (Wildman–Crippen MR) is 64.5 cm³/mol. The van der Waals surface area contributed by atoms with Gasteiger partial charge in [-0.2, -0.15) is 0 Å². The minimum absolute atomic E-state index is 0.244. The van der Waals surface area contributed by atoms with E-state index in [1.165, 1.54) is 0 Å². The van der Waals surface area contributed by atoms with Crippen molar-refractivity contribution in [1.29, 1.82) is 0 Å². The fraction of sp³-hybridized carbons (Fsp3) is 0.909. The molecule has 0 radical (unpaired) electrons. The van der Waals surface area contributed by atoms with Crippen molar-refractivity contribution < 1.29 is 9.29 Å². The third-order valence-corrected chi connectivity index (χ3v) is 3.86. The summed E-state index contributed by atoms with van der Waals surface area (Å²) in [5.41, 5.74) is 0. The highest BCUT2D eigenvalue weighted by molar-refractivity contribution is 7.91. The number of nitrogens with zero attached hydrogens (tertiary/aromatic N) is 1. The topological polar surface area (TPSA) is 44.7 Å². The van der Waals surface area contributed by atoms with Crippen LogP contribution in [0.25, 0.3) is 0 Å². The average Bonchev–Trinajstić information content (AvgIpc) is 2.18. The Labute approximate surface area is 95.6 Å². The number of rotatable bonds is 3. The van der Waals surface area contributed by atoms with Gasteiger partial charge >= 0.3 is 0 Å². The van der Waals surface area contributed by atoms with Crippen LogP contribution in [0.2, 0.25) is 0 Å². The second-order valence-corrected chi connectivity index (χ2v) is 6.87. The molecule has 88 valence electrons. The SMILES string of the molecule is CC(C)(C)[S+]([O-])N=CCC1CCOCC1. The summed E-state index contributed by atoms with van der Waals surface area (Å²) in [4.78, 5) is 0. The van der Waals surface area contributed by atoms with Crippen LogP contribution in [0, 0.1) is 5.92 Å². The van der Waals surface area contributed by atoms with Crippen LogP contribution in [0.1, 0.15) is 40.0 Å². The van der Waals surface area contributed by atoms with Gasteiger partial charge < -0.3 is 9.29 Å². The molecule has 0 aromatic carbocycles. The molecule has 0 aromatic rings. The molecule has 0 aromatic heterocycles. The molecular weight excluding hydrogens is 210 g/mol. The number of ether oxygens (including phenoxy) is 1. The van der Waals surface area contributed by atoms with E-state index in [-0.39, 0.29) is 4.75 Å². The molecule has 1 atom stereocenters. The zero-order valence-electron chi connectivity index (χ0n) is 9.86. The Kier molecular flexibility index (Phi) is 5.09. The van der Waals surface area contributed by atoms with Crippen LogP contribution in [0.4, 0.5) is 0 Å². The van der Waals surface area contributed by atoms with E-state index in [2.05, 4.69) is 4.40 Å². The molecule has 0 spiro atoms. The van der Waals surface area contributed by atoms with E-state index >= 15 is 0 Å². The summed E-state index contributed by atoms with van der Waals surface area (Å²) in [6.45, 7) is 7.54. The third kappa shape index (κ3) is 5.00. The highest BCUT2D eigenvalue weighted by Crippen LogP contribution is 2.19. The summed E-state index contributed by atoms with van der Waals surface area (Å²) in [6.07, 6.45) is 4.98. The minimum atomic E-state index is -1.10. The quantitative estimate of drug-likeness (QED) is 0.553. The molecule has 1 saturated heterocycles. The first kappa shape index (κ1) is 13.0. The Morgan fingerprint density at radius 3 is 2.53 bits per heavy atom. The van der Waals surface area contributed by atoms with E-state index in [1.807, 2.05) is 27.0 Å². The molecule has 1 heterocycles. The van der Waals surface area contributed by atoms with Crippen LogP contribution in [0.15, 0.2) is 4.40 Å². The second-order valence-electron chi connectivity index (χ2n) is 4.94. The number of hydrogen-bond donors (Lipinski definition) is 0. The van der Waals surface area contributed by atoms with Gasteiger partial charge in [0.1, 0.15) is 16.1 Å². The molecule has 4 heteroatoms. The van der Waals surface area contributed by atoms with Gasteiger partial charge in [0, 0.05) is 13.2 Å². The Bertz CT molecular complexity index is 207. The largest absolute Gasteiger partial charge is 0.591 e. The van der Waals surface area contributed by atoms with Crippen molar-refractivity contribution in [3.05, 3.63) is 0 Å². The van der Waals surface area contributed by atoms with Gasteiger partial charge in [-0.1, -0.05) is 4.40 Å². The van der Waals surface area contributed by atoms with Gasteiger partial charge in [-0.25, -0.2) is 0 Å². The molecule has 1 unspecified atom stereocenters. The summed E-state index contributed by atoms with van der Waals surface area (Å²) in [5, 5.41) is 0. The maximum atomic E-state index is 11.6. The van der Waals surface area contributed by atoms with E-state index in [0.717, 1.165) is 32.5 Å². The molecule has 3 nitrogen and oxygen atoms in total. The third-order valence-electron chi connectivity index (χ3n) is 2.47. The van der Waals surface area contributed by atoms with Gasteiger partial charge in [0.25, 0.3) is 0 Å². The lowest BCUT2D eigenvalue weighted by Crippen LogP contribution is -2.26. The molecule has 1 aliphatic rings. The fourth-order valence-electron chi connectivity index (χ4n) is 1.40. The van der Waals surface area contributed by atoms with Gasteiger partial charge in [0.2, 0.25) is 0 Å². The minimum Gasteiger partial charge on any atom is -0.591 e. The van der Waals surface area contributed by atoms with Gasteiger partial charge in [0.15, 0.2) is 0 Å². The maximum Gasteiger partial charge on any atom is 0.144 e. The summed E-state index contributed by atoms with van der Waals surface area (Å²) in [5.74, 6) is 0.666. The standard InChI is InChI=1S/C11H21NO2S/c1-11(2,3)15(13)12-7-4-10-5-8-14-9-6-10/h7,10H,4-6,8-9H2,1-3H3. The van der Waals surface area contributed by atoms with Crippen molar-refractivity contribution in [3.8, 4) is 0 Å². The summed E-state index contributed by atoms with van der Waals surface area (Å²) in [7, 11) is 0. The zero-order valence-corrected chi connectivity index (χ0v) is 10.7. The van der Waals surface area contributed by atoms with Gasteiger partial charge in [-0.05, 0) is 46.0 Å². The van der Waals surface area contributed by atoms with Crippen molar-refractivity contribution in [1.82, 2.24) is 0 Å². The molecule has 1 fully saturated rings. The van der Waals surface area contributed by atoms with Crippen molar-refractivity contribution >= 4 is 17.6 Å². The Hall–Kier alpha value is -0.0600. The molecule has 0 bridgehead atoms. The first-order valence-electron chi connectivity index (χ1n) is 5.52. The molecule has 0 aliphatic carbocycles. The smallest absolute Gasteiger partial charge is 0.144 e. The van der Waals surface area contributed by atoms with Crippen LogP contribution in [-0.2, 0) is 16.1 Å². The van der Waals surface area contributed by atoms with Crippen LogP contribution in [0.3, 0.4) is 0 Å². The van der Waals surface area contributed by atoms with Crippen molar-refractivity contribution in [2.45, 2.75) is 44.8 Å². The predicted octanol–water partition coefficient (Wildman–Crippen LogP) is 2.34. The summed E-state index contributed by atoms with van der Waals surface area (Å²) in [6, 6.07) is 0. The first-order valence-corrected chi connectivity index (χ1v) is 6.63. The second kappa shape index (κ2) is 5.87. The highest BCUT2D eigenvalue weighted by Gasteiger charge is 2.25. The van der Waals surface area contributed by atoms with Gasteiger partial charge in [0.05, 0.1) is 6.21 Å². The zero-order chi connectivity index (χ0) is 11.3. The maximum absolute atomic E-state index is 11.6. The monoisotopic (exact) mass is 231 g/mol. The van der Waals surface area contributed by atoms with Crippen molar-refractivity contribution in [2.24, 2.45) is 10.3 Å². The Balaban J connectivity index is 2.26. The van der Waals surface area contributed by atoms with Crippen LogP contribution < -0.4 is 0 Å². The first-order chi connectivity index (χ1) is 7.00. The number of hydrogen-bond acceptors (Lipinski definition) is 3. The summed E-state index contributed by atoms with van der Waals surface area (Å²) >= 11 is -1.10. The van der Waals surface area contributed by atoms with E-state index in [9.17, 15) is 4.55 Å². The fourth-order valence-corrected chi connectivity index (χ4v) is 1.94. The highest BCUT2D eigenvalue weighted by atomic mass is 32.2. The van der Waals surface area contributed by atoms with Crippen molar-refractivity contribution in [3.63, 3.8) is 0 Å². The van der Waals surface area contributed by atoms with Crippen LogP contribution in [-0.4, -0.2) is 28.7 Å². The van der Waals surface area contributed by atoms with E-state index < -0.39 is 11.4 Å². The van der Waals surface area contributed by atoms with Crippen LogP contribution in [0.5, 0.6) is 0 Å². The molecular formula is C11H21NO2S. The van der Waals surface area contributed by atoms with Gasteiger partial charge in [-0.3, -0.25) is 0 Å². The molecule has 0 amide bonds. The molecule has 1 aliphatic heterocycles. The van der Waals surface area contributed by atoms with E-state index in [1.54, 1.807) is 0 Å². The molecule has 0 N–H and O–H groups in total. The lowest BCUT2D eigenvalue weighted by atomic mass is 9.97. The normalized spacial score (nSPS) is 22.1. The Morgan fingerprint density at radius 2 is 2.00 bits per heavy atom. The molecule has 15 heavy (non-hydrogen) atoms.